The van der Waals surface area contributed by atoms with Gasteiger partial charge in [0.25, 0.3) is 0 Å². The maximum Gasteiger partial charge on any atom is 0.334 e. The van der Waals surface area contributed by atoms with Crippen LogP contribution in [0.4, 0.5) is 0 Å². The lowest BCUT2D eigenvalue weighted by Crippen LogP contribution is -2.17. The summed E-state index contributed by atoms with van der Waals surface area (Å²) in [5.74, 6) is 0.698. The van der Waals surface area contributed by atoms with Crippen molar-refractivity contribution in [1.29, 1.82) is 0 Å². The number of hydrogen-bond acceptors (Lipinski definition) is 5. The molecule has 2 atom stereocenters. The molecule has 5 heteroatoms. The zero-order chi connectivity index (χ0) is 20.1. The number of hydrogen-bond donors (Lipinski definition) is 0. The van der Waals surface area contributed by atoms with Gasteiger partial charge in [0.1, 0.15) is 11.9 Å². The number of allylic oxidation sites excluding steroid dienone is 1. The van der Waals surface area contributed by atoms with Crippen LogP contribution in [0, 0.1) is 6.92 Å². The first-order valence-electron chi connectivity index (χ1n) is 8.54. The molecule has 1 heterocycles. The van der Waals surface area contributed by atoms with Crippen molar-refractivity contribution >= 4 is 5.97 Å². The van der Waals surface area contributed by atoms with Crippen molar-refractivity contribution in [2.75, 3.05) is 21.3 Å². The molecule has 0 bridgehead atoms. The zero-order valence-electron chi connectivity index (χ0n) is 16.5. The molecule has 27 heavy (non-hydrogen) atoms. The van der Waals surface area contributed by atoms with E-state index in [0.717, 1.165) is 11.1 Å². The average molecular weight is 370 g/mol. The number of carbonyl (C=O) groups excluding carboxylic acids is 1. The van der Waals surface area contributed by atoms with Gasteiger partial charge in [0, 0.05) is 5.57 Å². The van der Waals surface area contributed by atoms with Crippen LogP contribution >= 0.6 is 0 Å². The van der Waals surface area contributed by atoms with Crippen LogP contribution in [0.5, 0.6) is 0 Å². The van der Waals surface area contributed by atoms with Gasteiger partial charge >= 0.3 is 5.97 Å². The summed E-state index contributed by atoms with van der Waals surface area (Å²) >= 11 is 0. The monoisotopic (exact) mass is 370 g/mol. The SMILES string of the molecule is C=C(/C=C(OC)\C(OC)=C(/C)OC)[C@H]1OC(=O)C(=C)[C@H]1c1ccc(C)cc1. The van der Waals surface area contributed by atoms with Crippen molar-refractivity contribution in [2.45, 2.75) is 25.9 Å². The Morgan fingerprint density at radius 1 is 1.11 bits per heavy atom. The summed E-state index contributed by atoms with van der Waals surface area (Å²) in [4.78, 5) is 12.2. The molecule has 1 fully saturated rings. The second kappa shape index (κ2) is 8.62. The molecule has 144 valence electrons. The summed E-state index contributed by atoms with van der Waals surface area (Å²) in [6.45, 7) is 11.8. The van der Waals surface area contributed by atoms with E-state index in [-0.39, 0.29) is 5.92 Å². The molecule has 5 nitrogen and oxygen atoms in total. The first-order chi connectivity index (χ1) is 12.8. The quantitative estimate of drug-likeness (QED) is 0.312. The van der Waals surface area contributed by atoms with E-state index < -0.39 is 12.1 Å². The van der Waals surface area contributed by atoms with Gasteiger partial charge in [-0.3, -0.25) is 0 Å². The van der Waals surface area contributed by atoms with Gasteiger partial charge in [-0.1, -0.05) is 43.0 Å². The zero-order valence-corrected chi connectivity index (χ0v) is 16.5. The molecule has 0 spiro atoms. The van der Waals surface area contributed by atoms with Crippen LogP contribution < -0.4 is 0 Å². The molecule has 0 amide bonds. The van der Waals surface area contributed by atoms with Crippen molar-refractivity contribution in [1.82, 2.24) is 0 Å². The molecule has 0 unspecified atom stereocenters. The summed E-state index contributed by atoms with van der Waals surface area (Å²) in [7, 11) is 4.60. The van der Waals surface area contributed by atoms with Gasteiger partial charge in [0.05, 0.1) is 27.2 Å². The van der Waals surface area contributed by atoms with Crippen molar-refractivity contribution in [2.24, 2.45) is 0 Å². The summed E-state index contributed by atoms with van der Waals surface area (Å²) in [5, 5.41) is 0. The van der Waals surface area contributed by atoms with Gasteiger partial charge < -0.3 is 18.9 Å². The molecule has 0 N–H and O–H groups in total. The Hall–Kier alpha value is -2.95. The Morgan fingerprint density at radius 3 is 2.26 bits per heavy atom. The Morgan fingerprint density at radius 2 is 1.74 bits per heavy atom. The number of rotatable bonds is 7. The van der Waals surface area contributed by atoms with Crippen molar-refractivity contribution < 1.29 is 23.7 Å². The molecule has 1 aliphatic rings. The minimum absolute atomic E-state index is 0.307. The number of esters is 1. The fraction of sp³-hybridized carbons (Fsp3) is 0.318. The van der Waals surface area contributed by atoms with Crippen LogP contribution in [0.1, 0.15) is 24.0 Å². The predicted octanol–water partition coefficient (Wildman–Crippen LogP) is 4.17. The summed E-state index contributed by atoms with van der Waals surface area (Å²) < 4.78 is 21.6. The fourth-order valence-corrected chi connectivity index (χ4v) is 2.99. The number of ether oxygens (including phenoxy) is 4. The Labute approximate surface area is 160 Å². The fourth-order valence-electron chi connectivity index (χ4n) is 2.99. The largest absolute Gasteiger partial charge is 0.497 e. The van der Waals surface area contributed by atoms with E-state index >= 15 is 0 Å². The number of aryl methyl sites for hydroxylation is 1. The van der Waals surface area contributed by atoms with E-state index in [1.807, 2.05) is 31.2 Å². The maximum absolute atomic E-state index is 12.2. The van der Waals surface area contributed by atoms with E-state index in [1.54, 1.807) is 20.1 Å². The van der Waals surface area contributed by atoms with Gasteiger partial charge in [-0.25, -0.2) is 4.79 Å². The van der Waals surface area contributed by atoms with E-state index in [1.165, 1.54) is 14.2 Å². The highest BCUT2D eigenvalue weighted by Gasteiger charge is 2.40. The van der Waals surface area contributed by atoms with Crippen LogP contribution in [0.25, 0.3) is 0 Å². The topological polar surface area (TPSA) is 54.0 Å². The van der Waals surface area contributed by atoms with E-state index in [2.05, 4.69) is 13.2 Å². The Balaban J connectivity index is 2.41. The number of benzene rings is 1. The molecule has 0 radical (unpaired) electrons. The lowest BCUT2D eigenvalue weighted by Gasteiger charge is -2.20. The highest BCUT2D eigenvalue weighted by Crippen LogP contribution is 2.39. The standard InChI is InChI=1S/C22H26O5/c1-13-8-10-17(11-9-13)19-15(3)22(23)27-20(19)14(2)12-18(25-6)21(26-7)16(4)24-5/h8-12,19-20H,2-3H2,1,4-7H3/b18-12+,21-16-/t19-,20+/m0/s1. The molecule has 1 aromatic carbocycles. The first-order valence-corrected chi connectivity index (χ1v) is 8.54. The first kappa shape index (κ1) is 20.4. The van der Waals surface area contributed by atoms with Crippen LogP contribution in [-0.2, 0) is 23.7 Å². The van der Waals surface area contributed by atoms with Gasteiger partial charge in [-0.2, -0.15) is 0 Å². The van der Waals surface area contributed by atoms with Gasteiger partial charge in [0.2, 0.25) is 0 Å². The lowest BCUT2D eigenvalue weighted by molar-refractivity contribution is -0.137. The molecule has 2 rings (SSSR count). The van der Waals surface area contributed by atoms with Crippen molar-refractivity contribution in [3.8, 4) is 0 Å². The number of cyclic esters (lactones) is 1. The van der Waals surface area contributed by atoms with Gasteiger partial charge in [-0.05, 0) is 31.1 Å². The average Bonchev–Trinajstić information content (AvgIpc) is 2.96. The van der Waals surface area contributed by atoms with Crippen LogP contribution in [0.2, 0.25) is 0 Å². The second-order valence-electron chi connectivity index (χ2n) is 6.32. The van der Waals surface area contributed by atoms with E-state index in [0.29, 0.717) is 28.4 Å². The number of carbonyl (C=O) groups is 1. The molecule has 1 aliphatic heterocycles. The molecule has 1 saturated heterocycles. The molecule has 0 saturated carbocycles. The highest BCUT2D eigenvalue weighted by atomic mass is 16.6. The summed E-state index contributed by atoms with van der Waals surface area (Å²) in [6.07, 6.45) is 1.12. The molecule has 0 aromatic heterocycles. The predicted molar refractivity (Wildman–Crippen MR) is 104 cm³/mol. The van der Waals surface area contributed by atoms with Crippen molar-refractivity contribution in [3.63, 3.8) is 0 Å². The smallest absolute Gasteiger partial charge is 0.334 e. The highest BCUT2D eigenvalue weighted by molar-refractivity contribution is 5.93. The maximum atomic E-state index is 12.2. The van der Waals surface area contributed by atoms with Crippen LogP contribution in [0.15, 0.2) is 71.9 Å². The van der Waals surface area contributed by atoms with Crippen LogP contribution in [-0.4, -0.2) is 33.4 Å². The second-order valence-corrected chi connectivity index (χ2v) is 6.32. The minimum atomic E-state index is -0.571. The summed E-state index contributed by atoms with van der Waals surface area (Å²) in [6, 6.07) is 7.94. The molecular weight excluding hydrogens is 344 g/mol. The lowest BCUT2D eigenvalue weighted by atomic mass is 9.85. The van der Waals surface area contributed by atoms with Gasteiger partial charge in [-0.15, -0.1) is 0 Å². The Kier molecular flexibility index (Phi) is 6.50. The third-order valence-electron chi connectivity index (χ3n) is 4.57. The summed E-state index contributed by atoms with van der Waals surface area (Å²) in [5.41, 5.74) is 3.07. The Bertz CT molecular complexity index is 798. The molecular formula is C22H26O5. The number of methoxy groups -OCH3 is 3. The third kappa shape index (κ3) is 4.25. The molecule has 1 aromatic rings. The van der Waals surface area contributed by atoms with E-state index in [4.69, 9.17) is 18.9 Å². The van der Waals surface area contributed by atoms with Crippen molar-refractivity contribution in [3.05, 3.63) is 83.0 Å². The van der Waals surface area contributed by atoms with Crippen LogP contribution in [0.3, 0.4) is 0 Å². The van der Waals surface area contributed by atoms with Gasteiger partial charge in [0.15, 0.2) is 11.5 Å². The molecule has 0 aliphatic carbocycles. The normalized spacial score (nSPS) is 20.7. The third-order valence-corrected chi connectivity index (χ3v) is 4.57. The minimum Gasteiger partial charge on any atom is -0.497 e. The van der Waals surface area contributed by atoms with E-state index in [9.17, 15) is 4.79 Å².